The minimum Gasteiger partial charge on any atom is -0.337 e. The van der Waals surface area contributed by atoms with Gasteiger partial charge in [0.05, 0.1) is 10.0 Å². The van der Waals surface area contributed by atoms with Gasteiger partial charge in [-0.25, -0.2) is 13.8 Å². The third kappa shape index (κ3) is 2.58. The van der Waals surface area contributed by atoms with Gasteiger partial charge in [-0.3, -0.25) is 4.79 Å². The first-order chi connectivity index (χ1) is 11.5. The van der Waals surface area contributed by atoms with Gasteiger partial charge in [-0.05, 0) is 30.0 Å². The Hall–Kier alpha value is -1.66. The molecule has 1 aliphatic carbocycles. The van der Waals surface area contributed by atoms with Crippen molar-refractivity contribution in [3.63, 3.8) is 0 Å². The summed E-state index contributed by atoms with van der Waals surface area (Å²) in [7, 11) is 0. The van der Waals surface area contributed by atoms with E-state index in [4.69, 9.17) is 23.2 Å². The zero-order chi connectivity index (χ0) is 17.0. The summed E-state index contributed by atoms with van der Waals surface area (Å²) in [6, 6.07) is 5.11. The molecule has 1 saturated carbocycles. The Morgan fingerprint density at radius 1 is 1.21 bits per heavy atom. The van der Waals surface area contributed by atoms with E-state index in [0.717, 1.165) is 5.69 Å². The smallest absolute Gasteiger partial charge is 0.274 e. The number of carbonyl (C=O) groups excluding carboxylic acids is 1. The molecule has 1 aliphatic heterocycles. The van der Waals surface area contributed by atoms with Crippen molar-refractivity contribution < 1.29 is 13.6 Å². The minimum atomic E-state index is -2.29. The van der Waals surface area contributed by atoms with Gasteiger partial charge >= 0.3 is 0 Å². The number of imidazole rings is 1. The lowest BCUT2D eigenvalue weighted by atomic mass is 10.2. The summed E-state index contributed by atoms with van der Waals surface area (Å²) in [6.07, 6.45) is 0.841. The summed E-state index contributed by atoms with van der Waals surface area (Å²) in [6.45, 7) is 0.774. The molecule has 0 bridgehead atoms. The Kier molecular flexibility index (Phi) is 3.77. The van der Waals surface area contributed by atoms with E-state index in [1.54, 1.807) is 33.9 Å². The molecule has 3 atom stereocenters. The monoisotopic (exact) mass is 371 g/mol. The van der Waals surface area contributed by atoms with Gasteiger partial charge in [0, 0.05) is 30.9 Å². The number of aromatic nitrogens is 2. The zero-order valence-corrected chi connectivity index (χ0v) is 13.9. The first kappa shape index (κ1) is 15.8. The van der Waals surface area contributed by atoms with E-state index in [9.17, 15) is 13.6 Å². The van der Waals surface area contributed by atoms with Gasteiger partial charge in [-0.2, -0.15) is 0 Å². The maximum atomic E-state index is 12.7. The Labute approximate surface area is 147 Å². The van der Waals surface area contributed by atoms with Crippen LogP contribution in [0.4, 0.5) is 8.78 Å². The number of fused-ring (bicyclic) bond motifs is 1. The molecule has 1 aromatic carbocycles. The van der Waals surface area contributed by atoms with Crippen molar-refractivity contribution >= 4 is 29.1 Å². The van der Waals surface area contributed by atoms with Crippen LogP contribution in [0.2, 0.25) is 10.0 Å². The molecule has 4 rings (SSSR count). The highest BCUT2D eigenvalue weighted by Gasteiger charge is 2.60. The quantitative estimate of drug-likeness (QED) is 0.823. The number of benzene rings is 1. The molecule has 0 radical (unpaired) electrons. The van der Waals surface area contributed by atoms with Crippen LogP contribution < -0.4 is 0 Å². The molecule has 2 aliphatic rings. The average molecular weight is 372 g/mol. The van der Waals surface area contributed by atoms with Gasteiger partial charge < -0.3 is 9.47 Å². The second-order valence-corrected chi connectivity index (χ2v) is 7.03. The van der Waals surface area contributed by atoms with Gasteiger partial charge in [0.15, 0.2) is 0 Å². The highest BCUT2D eigenvalue weighted by molar-refractivity contribution is 6.42. The molecule has 0 N–H and O–H groups in total. The summed E-state index contributed by atoms with van der Waals surface area (Å²) in [5.74, 6) is -0.894. The van der Waals surface area contributed by atoms with E-state index >= 15 is 0 Å². The lowest BCUT2D eigenvalue weighted by molar-refractivity contribution is 0.0684. The van der Waals surface area contributed by atoms with E-state index in [0.29, 0.717) is 23.1 Å². The Morgan fingerprint density at radius 3 is 2.54 bits per heavy atom. The molecular weight excluding hydrogens is 359 g/mol. The Balaban J connectivity index is 1.47. The first-order valence-electron chi connectivity index (χ1n) is 7.52. The van der Waals surface area contributed by atoms with E-state index in [2.05, 4.69) is 4.98 Å². The lowest BCUT2D eigenvalue weighted by Crippen LogP contribution is -2.32. The van der Waals surface area contributed by atoms with Crippen LogP contribution >= 0.6 is 23.2 Å². The molecule has 1 amide bonds. The molecule has 2 fully saturated rings. The highest BCUT2D eigenvalue weighted by atomic mass is 35.5. The summed E-state index contributed by atoms with van der Waals surface area (Å²) >= 11 is 11.9. The van der Waals surface area contributed by atoms with Crippen LogP contribution in [-0.4, -0.2) is 39.9 Å². The van der Waals surface area contributed by atoms with Crippen LogP contribution in [-0.2, 0) is 0 Å². The van der Waals surface area contributed by atoms with Gasteiger partial charge in [0.1, 0.15) is 12.0 Å². The third-order valence-electron chi connectivity index (χ3n) is 4.84. The van der Waals surface area contributed by atoms with Crippen molar-refractivity contribution in [3.05, 3.63) is 46.5 Å². The summed E-state index contributed by atoms with van der Waals surface area (Å²) < 4.78 is 27.1. The van der Waals surface area contributed by atoms with Crippen molar-refractivity contribution in [3.8, 4) is 5.69 Å². The van der Waals surface area contributed by atoms with Gasteiger partial charge in [0.2, 0.25) is 6.43 Å². The fourth-order valence-corrected chi connectivity index (χ4v) is 3.79. The number of piperidine rings is 1. The third-order valence-corrected chi connectivity index (χ3v) is 5.58. The second kappa shape index (κ2) is 5.70. The minimum absolute atomic E-state index is 0.0638. The molecule has 126 valence electrons. The fraction of sp³-hybridized carbons (Fsp3) is 0.375. The Bertz CT molecular complexity index is 798. The van der Waals surface area contributed by atoms with Gasteiger partial charge in [0.25, 0.3) is 5.91 Å². The predicted molar refractivity (Wildman–Crippen MR) is 86.0 cm³/mol. The SMILES string of the molecule is O=C(c1cn(-c2ccc(Cl)c(Cl)c2)cn1)N1C[C@@H]2C(C(F)F)[C@@H]2C1. The number of amides is 1. The molecular formula is C16H13Cl2F2N3O. The van der Waals surface area contributed by atoms with Gasteiger partial charge in [-0.15, -0.1) is 0 Å². The second-order valence-electron chi connectivity index (χ2n) is 6.21. The number of halogens is 4. The largest absolute Gasteiger partial charge is 0.337 e. The number of alkyl halides is 2. The van der Waals surface area contributed by atoms with E-state index < -0.39 is 12.3 Å². The van der Waals surface area contributed by atoms with Crippen molar-refractivity contribution in [2.45, 2.75) is 6.43 Å². The van der Waals surface area contributed by atoms with Crippen LogP contribution in [0.1, 0.15) is 10.5 Å². The molecule has 2 heterocycles. The number of rotatable bonds is 3. The first-order valence-corrected chi connectivity index (χ1v) is 8.28. The maximum Gasteiger partial charge on any atom is 0.274 e. The van der Waals surface area contributed by atoms with Crippen LogP contribution in [0.25, 0.3) is 5.69 Å². The van der Waals surface area contributed by atoms with E-state index in [1.807, 2.05) is 0 Å². The van der Waals surface area contributed by atoms with Crippen LogP contribution in [0.15, 0.2) is 30.7 Å². The van der Waals surface area contributed by atoms with E-state index in [1.165, 1.54) is 6.33 Å². The molecule has 0 spiro atoms. The Morgan fingerprint density at radius 2 is 1.92 bits per heavy atom. The standard InChI is InChI=1S/C16H13Cl2F2N3O/c17-11-2-1-8(3-12(11)18)23-6-13(21-7-23)16(24)22-4-9-10(5-22)14(9)15(19)20/h1-3,6-7,9-10,14-15H,4-5H2/t9-,10+,14?. The van der Waals surface area contributed by atoms with Crippen molar-refractivity contribution in [2.24, 2.45) is 17.8 Å². The molecule has 1 unspecified atom stereocenters. The number of likely N-dealkylation sites (tertiary alicyclic amines) is 1. The fourth-order valence-electron chi connectivity index (χ4n) is 3.49. The molecule has 8 heteroatoms. The summed E-state index contributed by atoms with van der Waals surface area (Å²) in [5, 5.41) is 0.857. The highest BCUT2D eigenvalue weighted by Crippen LogP contribution is 2.54. The van der Waals surface area contributed by atoms with Crippen molar-refractivity contribution in [1.82, 2.24) is 14.5 Å². The number of hydrogen-bond donors (Lipinski definition) is 0. The predicted octanol–water partition coefficient (Wildman–Crippen LogP) is 3.76. The van der Waals surface area contributed by atoms with E-state index in [-0.39, 0.29) is 23.4 Å². The van der Waals surface area contributed by atoms with Crippen molar-refractivity contribution in [2.75, 3.05) is 13.1 Å². The summed E-state index contributed by atoms with van der Waals surface area (Å²) in [5.41, 5.74) is 1.02. The molecule has 4 nitrogen and oxygen atoms in total. The van der Waals surface area contributed by atoms with Crippen LogP contribution in [0.5, 0.6) is 0 Å². The maximum absolute atomic E-state index is 12.7. The molecule has 2 aromatic rings. The van der Waals surface area contributed by atoms with Crippen LogP contribution in [0, 0.1) is 17.8 Å². The van der Waals surface area contributed by atoms with Gasteiger partial charge in [-0.1, -0.05) is 23.2 Å². The topological polar surface area (TPSA) is 38.1 Å². The number of hydrogen-bond acceptors (Lipinski definition) is 2. The number of carbonyl (C=O) groups is 1. The summed E-state index contributed by atoms with van der Waals surface area (Å²) in [4.78, 5) is 18.2. The number of nitrogens with zero attached hydrogens (tertiary/aromatic N) is 3. The molecule has 1 aromatic heterocycles. The lowest BCUT2D eigenvalue weighted by Gasteiger charge is -2.18. The van der Waals surface area contributed by atoms with Crippen molar-refractivity contribution in [1.29, 1.82) is 0 Å². The molecule has 24 heavy (non-hydrogen) atoms. The van der Waals surface area contributed by atoms with Crippen LogP contribution in [0.3, 0.4) is 0 Å². The average Bonchev–Trinajstić information content (AvgIpc) is 2.94. The normalized spacial score (nSPS) is 25.2. The molecule has 1 saturated heterocycles. The zero-order valence-electron chi connectivity index (χ0n) is 12.4.